The Morgan fingerprint density at radius 3 is 2.95 bits per heavy atom. The number of rotatable bonds is 4. The molecule has 3 rings (SSSR count). The van der Waals surface area contributed by atoms with Gasteiger partial charge in [0, 0.05) is 19.0 Å². The second kappa shape index (κ2) is 5.95. The summed E-state index contributed by atoms with van der Waals surface area (Å²) in [6, 6.07) is 10.8. The normalized spacial score (nSPS) is 18.0. The van der Waals surface area contributed by atoms with Gasteiger partial charge in [-0.25, -0.2) is 4.79 Å². The van der Waals surface area contributed by atoms with E-state index in [2.05, 4.69) is 22.3 Å². The molecule has 2 aromatic rings. The summed E-state index contributed by atoms with van der Waals surface area (Å²) in [6.07, 6.45) is 1.03. The van der Waals surface area contributed by atoms with Crippen molar-refractivity contribution in [1.29, 1.82) is 0 Å². The number of ether oxygens (including phenoxy) is 1. The van der Waals surface area contributed by atoms with Crippen molar-refractivity contribution in [3.8, 4) is 0 Å². The third-order valence-corrected chi connectivity index (χ3v) is 3.59. The van der Waals surface area contributed by atoms with Crippen LogP contribution in [0.4, 0.5) is 6.01 Å². The van der Waals surface area contributed by atoms with Gasteiger partial charge in [0.05, 0.1) is 6.61 Å². The van der Waals surface area contributed by atoms with E-state index in [9.17, 15) is 4.79 Å². The number of carbonyl (C=O) groups excluding carboxylic acids is 1. The molecular weight excluding hydrogens is 270 g/mol. The van der Waals surface area contributed by atoms with E-state index in [1.807, 2.05) is 23.1 Å². The van der Waals surface area contributed by atoms with Crippen LogP contribution in [0.1, 0.15) is 35.5 Å². The first-order chi connectivity index (χ1) is 10.3. The summed E-state index contributed by atoms with van der Waals surface area (Å²) in [5.41, 5.74) is 1.31. The Hall–Kier alpha value is -2.37. The Bertz CT molecular complexity index is 612. The van der Waals surface area contributed by atoms with Gasteiger partial charge in [0.25, 0.3) is 0 Å². The Labute approximate surface area is 122 Å². The lowest BCUT2D eigenvalue weighted by Gasteiger charge is -2.13. The van der Waals surface area contributed by atoms with Gasteiger partial charge in [-0.2, -0.15) is 0 Å². The van der Waals surface area contributed by atoms with Crippen LogP contribution in [0.2, 0.25) is 0 Å². The number of anilines is 1. The largest absolute Gasteiger partial charge is 0.459 e. The van der Waals surface area contributed by atoms with Crippen molar-refractivity contribution < 1.29 is 13.9 Å². The molecule has 1 aliphatic rings. The van der Waals surface area contributed by atoms with E-state index in [4.69, 9.17) is 9.15 Å². The minimum absolute atomic E-state index is 0.0880. The maximum absolute atomic E-state index is 11.5. The highest BCUT2D eigenvalue weighted by molar-refractivity contribution is 5.84. The second-order valence-electron chi connectivity index (χ2n) is 4.95. The maximum Gasteiger partial charge on any atom is 0.396 e. The van der Waals surface area contributed by atoms with E-state index in [1.165, 1.54) is 5.56 Å². The van der Waals surface area contributed by atoms with Crippen LogP contribution in [-0.4, -0.2) is 35.9 Å². The molecule has 1 aromatic carbocycles. The molecule has 0 amide bonds. The summed E-state index contributed by atoms with van der Waals surface area (Å²) >= 11 is 0. The Balaban J connectivity index is 1.68. The molecule has 0 saturated carbocycles. The minimum atomic E-state index is -0.574. The minimum Gasteiger partial charge on any atom is -0.459 e. The number of carbonyl (C=O) groups is 1. The van der Waals surface area contributed by atoms with Crippen LogP contribution in [0.5, 0.6) is 0 Å². The van der Waals surface area contributed by atoms with Crippen molar-refractivity contribution in [2.24, 2.45) is 0 Å². The second-order valence-corrected chi connectivity index (χ2v) is 4.95. The molecule has 0 N–H and O–H groups in total. The number of nitrogens with zero attached hydrogens (tertiary/aromatic N) is 3. The molecule has 6 heteroatoms. The first kappa shape index (κ1) is 13.6. The highest BCUT2D eigenvalue weighted by atomic mass is 16.5. The van der Waals surface area contributed by atoms with Crippen molar-refractivity contribution in [1.82, 2.24) is 10.2 Å². The molecule has 1 aromatic heterocycles. The number of esters is 1. The zero-order chi connectivity index (χ0) is 14.7. The van der Waals surface area contributed by atoms with Crippen LogP contribution in [0.15, 0.2) is 34.7 Å². The van der Waals surface area contributed by atoms with Gasteiger partial charge in [0.2, 0.25) is 0 Å². The molecule has 6 nitrogen and oxygen atoms in total. The summed E-state index contributed by atoms with van der Waals surface area (Å²) in [4.78, 5) is 13.5. The topological polar surface area (TPSA) is 68.5 Å². The molecule has 1 aliphatic heterocycles. The molecule has 1 unspecified atom stereocenters. The number of hydrogen-bond donors (Lipinski definition) is 0. The van der Waals surface area contributed by atoms with E-state index in [-0.39, 0.29) is 12.5 Å². The molecule has 1 atom stereocenters. The summed E-state index contributed by atoms with van der Waals surface area (Å²) in [5, 5.41) is 7.68. The predicted octanol–water partition coefficient (Wildman–Crippen LogP) is 2.24. The van der Waals surface area contributed by atoms with Gasteiger partial charge in [-0.15, -0.1) is 0 Å². The zero-order valence-electron chi connectivity index (χ0n) is 11.9. The van der Waals surface area contributed by atoms with E-state index in [0.29, 0.717) is 11.9 Å². The monoisotopic (exact) mass is 287 g/mol. The summed E-state index contributed by atoms with van der Waals surface area (Å²) in [6.45, 7) is 3.68. The van der Waals surface area contributed by atoms with Crippen molar-refractivity contribution >= 4 is 12.0 Å². The maximum atomic E-state index is 11.5. The first-order valence-electron chi connectivity index (χ1n) is 7.08. The molecule has 0 bridgehead atoms. The fraction of sp³-hybridized carbons (Fsp3) is 0.400. The lowest BCUT2D eigenvalue weighted by molar-refractivity contribution is 0.0481. The number of hydrogen-bond acceptors (Lipinski definition) is 6. The van der Waals surface area contributed by atoms with Crippen molar-refractivity contribution in [2.75, 3.05) is 24.6 Å². The molecule has 0 aliphatic carbocycles. The smallest absolute Gasteiger partial charge is 0.396 e. The van der Waals surface area contributed by atoms with E-state index >= 15 is 0 Å². The molecule has 0 spiro atoms. The van der Waals surface area contributed by atoms with Gasteiger partial charge in [0.1, 0.15) is 0 Å². The zero-order valence-corrected chi connectivity index (χ0v) is 11.9. The van der Waals surface area contributed by atoms with E-state index in [1.54, 1.807) is 6.92 Å². The van der Waals surface area contributed by atoms with Gasteiger partial charge in [0.15, 0.2) is 0 Å². The fourth-order valence-electron chi connectivity index (χ4n) is 2.55. The van der Waals surface area contributed by atoms with Crippen LogP contribution in [0.3, 0.4) is 0 Å². The average molecular weight is 287 g/mol. The van der Waals surface area contributed by atoms with Crippen LogP contribution in [0, 0.1) is 0 Å². The van der Waals surface area contributed by atoms with Gasteiger partial charge in [-0.1, -0.05) is 40.5 Å². The summed E-state index contributed by atoms with van der Waals surface area (Å²) < 4.78 is 10.2. The van der Waals surface area contributed by atoms with Crippen LogP contribution in [0.25, 0.3) is 0 Å². The fourth-order valence-corrected chi connectivity index (χ4v) is 2.55. The molecule has 0 radical (unpaired) electrons. The highest BCUT2D eigenvalue weighted by Crippen LogP contribution is 2.29. The van der Waals surface area contributed by atoms with Crippen molar-refractivity contribution in [2.45, 2.75) is 19.3 Å². The SMILES string of the molecule is CCOC(=O)c1nnc(N2CCC(c3ccccc3)C2)o1. The summed E-state index contributed by atoms with van der Waals surface area (Å²) in [7, 11) is 0. The molecule has 110 valence electrons. The van der Waals surface area contributed by atoms with E-state index in [0.717, 1.165) is 19.5 Å². The van der Waals surface area contributed by atoms with Crippen LogP contribution in [-0.2, 0) is 4.74 Å². The van der Waals surface area contributed by atoms with Crippen molar-refractivity contribution in [3.63, 3.8) is 0 Å². The highest BCUT2D eigenvalue weighted by Gasteiger charge is 2.28. The van der Waals surface area contributed by atoms with Crippen LogP contribution >= 0.6 is 0 Å². The van der Waals surface area contributed by atoms with Crippen molar-refractivity contribution in [3.05, 3.63) is 41.8 Å². The van der Waals surface area contributed by atoms with E-state index < -0.39 is 5.97 Å². The third kappa shape index (κ3) is 2.89. The summed E-state index contributed by atoms with van der Waals surface area (Å²) in [5.74, 6) is -0.214. The molecule has 2 heterocycles. The molecule has 1 fully saturated rings. The van der Waals surface area contributed by atoms with Gasteiger partial charge in [-0.3, -0.25) is 0 Å². The predicted molar refractivity (Wildman–Crippen MR) is 76.3 cm³/mol. The Morgan fingerprint density at radius 1 is 1.38 bits per heavy atom. The average Bonchev–Trinajstić information content (AvgIpc) is 3.17. The third-order valence-electron chi connectivity index (χ3n) is 3.59. The van der Waals surface area contributed by atoms with Crippen LogP contribution < -0.4 is 4.90 Å². The Morgan fingerprint density at radius 2 is 2.19 bits per heavy atom. The van der Waals surface area contributed by atoms with Gasteiger partial charge >= 0.3 is 17.9 Å². The van der Waals surface area contributed by atoms with Gasteiger partial charge < -0.3 is 14.1 Å². The molecular formula is C15H17N3O3. The van der Waals surface area contributed by atoms with Gasteiger partial charge in [-0.05, 0) is 18.9 Å². The Kier molecular flexibility index (Phi) is 3.85. The number of aromatic nitrogens is 2. The number of benzene rings is 1. The first-order valence-corrected chi connectivity index (χ1v) is 7.08. The molecule has 1 saturated heterocycles. The molecule has 21 heavy (non-hydrogen) atoms. The lowest BCUT2D eigenvalue weighted by Crippen LogP contribution is -2.19. The quantitative estimate of drug-likeness (QED) is 0.803. The lowest BCUT2D eigenvalue weighted by atomic mass is 9.99. The standard InChI is InChI=1S/C15H17N3O3/c1-2-20-14(19)13-16-17-15(21-13)18-9-8-12(10-18)11-6-4-3-5-7-11/h3-7,12H,2,8-10H2,1H3.